The van der Waals surface area contributed by atoms with Crippen molar-refractivity contribution in [1.29, 1.82) is 0 Å². The minimum absolute atomic E-state index is 0.978. The van der Waals surface area contributed by atoms with Crippen LogP contribution in [0, 0.1) is 6.92 Å². The maximum Gasteiger partial charge on any atom is 0.111 e. The number of aryl methyl sites for hydroxylation is 2. The predicted molar refractivity (Wildman–Crippen MR) is 72.4 cm³/mol. The molecule has 0 aliphatic carbocycles. The number of rotatable bonds is 5. The molecule has 3 nitrogen and oxygen atoms in total. The van der Waals surface area contributed by atoms with E-state index < -0.39 is 0 Å². The van der Waals surface area contributed by atoms with Crippen LogP contribution in [-0.2, 0) is 13.0 Å². The molecule has 0 fully saturated rings. The third-order valence-corrected chi connectivity index (χ3v) is 3.03. The van der Waals surface area contributed by atoms with Gasteiger partial charge in [0.1, 0.15) is 5.82 Å². The lowest BCUT2D eigenvalue weighted by atomic mass is 10.2. The molecule has 0 aliphatic rings. The van der Waals surface area contributed by atoms with Gasteiger partial charge >= 0.3 is 0 Å². The molecule has 17 heavy (non-hydrogen) atoms. The van der Waals surface area contributed by atoms with Crippen LogP contribution in [0.25, 0.3) is 11.0 Å². The molecule has 1 aromatic heterocycles. The van der Waals surface area contributed by atoms with Crippen molar-refractivity contribution in [2.24, 2.45) is 0 Å². The van der Waals surface area contributed by atoms with Gasteiger partial charge < -0.3 is 9.88 Å². The van der Waals surface area contributed by atoms with Gasteiger partial charge in [0.2, 0.25) is 0 Å². The molecule has 92 valence electrons. The lowest BCUT2D eigenvalue weighted by molar-refractivity contribution is 0.638. The fourth-order valence-electron chi connectivity index (χ4n) is 2.19. The summed E-state index contributed by atoms with van der Waals surface area (Å²) < 4.78 is 2.35. The fourth-order valence-corrected chi connectivity index (χ4v) is 2.19. The first-order valence-electron chi connectivity index (χ1n) is 6.36. The van der Waals surface area contributed by atoms with Gasteiger partial charge in [0.25, 0.3) is 0 Å². The van der Waals surface area contributed by atoms with Crippen molar-refractivity contribution >= 4 is 11.0 Å². The first kappa shape index (κ1) is 12.1. The van der Waals surface area contributed by atoms with Crippen molar-refractivity contribution in [3.63, 3.8) is 0 Å². The molecular weight excluding hydrogens is 210 g/mol. The van der Waals surface area contributed by atoms with Crippen LogP contribution in [0.5, 0.6) is 0 Å². The van der Waals surface area contributed by atoms with Gasteiger partial charge in [-0.3, -0.25) is 0 Å². The zero-order valence-electron chi connectivity index (χ0n) is 11.0. The Kier molecular flexibility index (Phi) is 3.79. The van der Waals surface area contributed by atoms with Gasteiger partial charge in [-0.05, 0) is 38.1 Å². The molecule has 1 aromatic carbocycles. The zero-order chi connectivity index (χ0) is 12.3. The Hall–Kier alpha value is -1.35. The number of imidazole rings is 1. The second-order valence-corrected chi connectivity index (χ2v) is 4.53. The lowest BCUT2D eigenvalue weighted by Gasteiger charge is -2.07. The minimum atomic E-state index is 0.978. The van der Waals surface area contributed by atoms with Crippen LogP contribution >= 0.6 is 0 Å². The average molecular weight is 231 g/mol. The second kappa shape index (κ2) is 5.32. The van der Waals surface area contributed by atoms with Gasteiger partial charge in [0, 0.05) is 19.5 Å². The number of hydrogen-bond donors (Lipinski definition) is 1. The molecule has 0 radical (unpaired) electrons. The molecule has 0 saturated heterocycles. The van der Waals surface area contributed by atoms with Gasteiger partial charge in [0.05, 0.1) is 11.0 Å². The SMILES string of the molecule is CCCn1c(CCNC)nc2cc(C)ccc21. The molecule has 0 aliphatic heterocycles. The van der Waals surface area contributed by atoms with E-state index in [0.717, 1.165) is 31.4 Å². The number of nitrogens with zero attached hydrogens (tertiary/aromatic N) is 2. The minimum Gasteiger partial charge on any atom is -0.328 e. The van der Waals surface area contributed by atoms with E-state index >= 15 is 0 Å². The van der Waals surface area contributed by atoms with E-state index in [2.05, 4.69) is 41.9 Å². The number of benzene rings is 1. The monoisotopic (exact) mass is 231 g/mol. The highest BCUT2D eigenvalue weighted by Gasteiger charge is 2.09. The molecule has 3 heteroatoms. The van der Waals surface area contributed by atoms with E-state index in [-0.39, 0.29) is 0 Å². The number of aromatic nitrogens is 2. The predicted octanol–water partition coefficient (Wildman–Crippen LogP) is 2.52. The third-order valence-electron chi connectivity index (χ3n) is 3.03. The van der Waals surface area contributed by atoms with E-state index in [9.17, 15) is 0 Å². The standard InChI is InChI=1S/C14H21N3/c1-4-9-17-13-6-5-11(2)10-12(13)16-14(17)7-8-15-3/h5-6,10,15H,4,7-9H2,1-3H3. The summed E-state index contributed by atoms with van der Waals surface area (Å²) in [4.78, 5) is 4.75. The Morgan fingerprint density at radius 2 is 2.18 bits per heavy atom. The van der Waals surface area contributed by atoms with Crippen molar-refractivity contribution in [3.05, 3.63) is 29.6 Å². The lowest BCUT2D eigenvalue weighted by Crippen LogP contribution is -2.14. The molecule has 1 N–H and O–H groups in total. The Morgan fingerprint density at radius 3 is 2.88 bits per heavy atom. The van der Waals surface area contributed by atoms with Crippen molar-refractivity contribution < 1.29 is 0 Å². The van der Waals surface area contributed by atoms with Crippen LogP contribution in [0.4, 0.5) is 0 Å². The van der Waals surface area contributed by atoms with Crippen LogP contribution in [0.2, 0.25) is 0 Å². The Labute approximate surface area is 103 Å². The topological polar surface area (TPSA) is 29.9 Å². The summed E-state index contributed by atoms with van der Waals surface area (Å²) >= 11 is 0. The van der Waals surface area contributed by atoms with Crippen LogP contribution in [0.1, 0.15) is 24.7 Å². The number of nitrogens with one attached hydrogen (secondary N) is 1. The average Bonchev–Trinajstić information content (AvgIpc) is 2.64. The summed E-state index contributed by atoms with van der Waals surface area (Å²) in [7, 11) is 1.98. The zero-order valence-corrected chi connectivity index (χ0v) is 11.0. The van der Waals surface area contributed by atoms with Gasteiger partial charge in [-0.2, -0.15) is 0 Å². The molecule has 2 rings (SSSR count). The summed E-state index contributed by atoms with van der Waals surface area (Å²) in [5.74, 6) is 1.20. The van der Waals surface area contributed by atoms with E-state index in [0.29, 0.717) is 0 Å². The molecule has 0 saturated carbocycles. The Bertz CT molecular complexity index is 499. The van der Waals surface area contributed by atoms with E-state index in [4.69, 9.17) is 4.98 Å². The smallest absolute Gasteiger partial charge is 0.111 e. The number of hydrogen-bond acceptors (Lipinski definition) is 2. The quantitative estimate of drug-likeness (QED) is 0.857. The summed E-state index contributed by atoms with van der Waals surface area (Å²) in [6, 6.07) is 6.53. The largest absolute Gasteiger partial charge is 0.328 e. The highest BCUT2D eigenvalue weighted by molar-refractivity contribution is 5.76. The molecule has 0 spiro atoms. The number of likely N-dealkylation sites (N-methyl/N-ethyl adjacent to an activating group) is 1. The van der Waals surface area contributed by atoms with Crippen LogP contribution in [0.3, 0.4) is 0 Å². The molecule has 2 aromatic rings. The van der Waals surface area contributed by atoms with Gasteiger partial charge in [0.15, 0.2) is 0 Å². The second-order valence-electron chi connectivity index (χ2n) is 4.53. The normalized spacial score (nSPS) is 11.2. The summed E-state index contributed by atoms with van der Waals surface area (Å²) in [5, 5.41) is 3.19. The van der Waals surface area contributed by atoms with Crippen LogP contribution in [0.15, 0.2) is 18.2 Å². The summed E-state index contributed by atoms with van der Waals surface area (Å²) in [6.45, 7) is 6.36. The van der Waals surface area contributed by atoms with E-state index in [1.165, 1.54) is 16.9 Å². The van der Waals surface area contributed by atoms with Crippen molar-refractivity contribution in [1.82, 2.24) is 14.9 Å². The maximum absolute atomic E-state index is 4.75. The van der Waals surface area contributed by atoms with Crippen molar-refractivity contribution in [2.45, 2.75) is 33.2 Å². The first-order chi connectivity index (χ1) is 8.26. The van der Waals surface area contributed by atoms with Gasteiger partial charge in [-0.1, -0.05) is 13.0 Å². The van der Waals surface area contributed by atoms with Crippen molar-refractivity contribution in [2.75, 3.05) is 13.6 Å². The molecule has 0 unspecified atom stereocenters. The Morgan fingerprint density at radius 1 is 1.35 bits per heavy atom. The van der Waals surface area contributed by atoms with E-state index in [1.807, 2.05) is 7.05 Å². The third kappa shape index (κ3) is 2.50. The first-order valence-corrected chi connectivity index (χ1v) is 6.36. The Balaban J connectivity index is 2.45. The summed E-state index contributed by atoms with van der Waals surface area (Å²) in [5.41, 5.74) is 3.67. The van der Waals surface area contributed by atoms with Crippen molar-refractivity contribution in [3.8, 4) is 0 Å². The summed E-state index contributed by atoms with van der Waals surface area (Å²) in [6.07, 6.45) is 2.14. The van der Waals surface area contributed by atoms with Crippen LogP contribution in [-0.4, -0.2) is 23.1 Å². The van der Waals surface area contributed by atoms with E-state index in [1.54, 1.807) is 0 Å². The fraction of sp³-hybridized carbons (Fsp3) is 0.500. The number of fused-ring (bicyclic) bond motifs is 1. The maximum atomic E-state index is 4.75. The van der Waals surface area contributed by atoms with Gasteiger partial charge in [-0.15, -0.1) is 0 Å². The van der Waals surface area contributed by atoms with Crippen LogP contribution < -0.4 is 5.32 Å². The van der Waals surface area contributed by atoms with Gasteiger partial charge in [-0.25, -0.2) is 4.98 Å². The molecular formula is C14H21N3. The molecule has 1 heterocycles. The molecule has 0 amide bonds. The highest BCUT2D eigenvalue weighted by Crippen LogP contribution is 2.18. The molecule has 0 atom stereocenters. The highest BCUT2D eigenvalue weighted by atomic mass is 15.1. The molecule has 0 bridgehead atoms.